The van der Waals surface area contributed by atoms with Crippen LogP contribution in [0.25, 0.3) is 0 Å². The highest BCUT2D eigenvalue weighted by Gasteiger charge is 2.27. The van der Waals surface area contributed by atoms with Crippen LogP contribution in [0.5, 0.6) is 0 Å². The zero-order chi connectivity index (χ0) is 25.6. The van der Waals surface area contributed by atoms with Crippen molar-refractivity contribution < 1.29 is 19.1 Å². The van der Waals surface area contributed by atoms with Gasteiger partial charge in [-0.3, -0.25) is 19.0 Å². The largest absolute Gasteiger partial charge is 0.466 e. The molecule has 2 fully saturated rings. The van der Waals surface area contributed by atoms with E-state index in [0.29, 0.717) is 13.2 Å². The average molecular weight is 556 g/mol. The van der Waals surface area contributed by atoms with Gasteiger partial charge in [-0.15, -0.1) is 0 Å². The first-order chi connectivity index (χ1) is 16.8. The predicted molar refractivity (Wildman–Crippen MR) is 138 cm³/mol. The van der Waals surface area contributed by atoms with E-state index in [1.807, 2.05) is 46.5 Å². The fraction of sp³-hybridized carbons (Fsp3) is 0.667. The molecule has 0 amide bonds. The number of aryl methyl sites for hydroxylation is 2. The molecule has 0 saturated carbocycles. The minimum absolute atomic E-state index is 0.00362. The van der Waals surface area contributed by atoms with Gasteiger partial charge in [-0.2, -0.15) is 10.2 Å². The molecular formula is C24H39BrN6O4. The summed E-state index contributed by atoms with van der Waals surface area (Å²) in [5, 5.41) is 11.2. The molecule has 2 unspecified atom stereocenters. The Labute approximate surface area is 216 Å². The highest BCUT2D eigenvalue weighted by atomic mass is 79.9. The van der Waals surface area contributed by atoms with E-state index < -0.39 is 0 Å². The molecule has 4 rings (SSSR count). The number of carbonyl (C=O) groups excluding carboxylic acids is 2. The van der Waals surface area contributed by atoms with Crippen LogP contribution in [0.4, 0.5) is 5.69 Å². The molecule has 2 aliphatic rings. The monoisotopic (exact) mass is 554 g/mol. The van der Waals surface area contributed by atoms with Gasteiger partial charge in [0.2, 0.25) is 0 Å². The first-order valence-corrected chi connectivity index (χ1v) is 13.0. The normalized spacial score (nSPS) is 19.5. The van der Waals surface area contributed by atoms with Crippen molar-refractivity contribution in [2.45, 2.75) is 39.5 Å². The number of anilines is 1. The van der Waals surface area contributed by atoms with Crippen LogP contribution in [0.15, 0.2) is 29.3 Å². The summed E-state index contributed by atoms with van der Waals surface area (Å²) in [6.45, 7) is 8.20. The van der Waals surface area contributed by atoms with E-state index in [-0.39, 0.29) is 23.8 Å². The third kappa shape index (κ3) is 10.4. The molecule has 4 heterocycles. The summed E-state index contributed by atoms with van der Waals surface area (Å²) in [6.07, 6.45) is 11.5. The highest BCUT2D eigenvalue weighted by molar-refractivity contribution is 9.10. The SMILES string of the molecule is CCOC(=O)C1CCCN(c2cnn(C)c2)C1.CCOC(=O)C1CCCNC1.Cn1cc(Br)cn1. The number of aromatic nitrogens is 4. The highest BCUT2D eigenvalue weighted by Crippen LogP contribution is 2.23. The maximum atomic E-state index is 11.7. The molecule has 0 spiro atoms. The number of halogens is 1. The number of rotatable bonds is 5. The number of esters is 2. The molecule has 0 bridgehead atoms. The first kappa shape index (κ1) is 28.8. The second-order valence-electron chi connectivity index (χ2n) is 8.54. The minimum Gasteiger partial charge on any atom is -0.466 e. The van der Waals surface area contributed by atoms with Crippen molar-refractivity contribution in [1.82, 2.24) is 24.9 Å². The Morgan fingerprint density at radius 1 is 1.00 bits per heavy atom. The van der Waals surface area contributed by atoms with Gasteiger partial charge in [-0.05, 0) is 62.0 Å². The lowest BCUT2D eigenvalue weighted by molar-refractivity contribution is -0.149. The molecule has 11 heteroatoms. The molecule has 1 N–H and O–H groups in total. The summed E-state index contributed by atoms with van der Waals surface area (Å²) in [4.78, 5) is 25.1. The Balaban J connectivity index is 0.000000205. The van der Waals surface area contributed by atoms with Gasteiger partial charge in [-0.1, -0.05) is 0 Å². The van der Waals surface area contributed by atoms with Gasteiger partial charge in [-0.25, -0.2) is 0 Å². The van der Waals surface area contributed by atoms with Crippen molar-refractivity contribution in [2.24, 2.45) is 25.9 Å². The third-order valence-corrected chi connectivity index (χ3v) is 6.10. The summed E-state index contributed by atoms with van der Waals surface area (Å²) >= 11 is 3.25. The maximum absolute atomic E-state index is 11.7. The van der Waals surface area contributed by atoms with E-state index in [1.165, 1.54) is 0 Å². The summed E-state index contributed by atoms with van der Waals surface area (Å²) in [5.41, 5.74) is 1.08. The van der Waals surface area contributed by atoms with Crippen molar-refractivity contribution in [3.8, 4) is 0 Å². The Morgan fingerprint density at radius 2 is 1.63 bits per heavy atom. The number of hydrogen-bond acceptors (Lipinski definition) is 8. The van der Waals surface area contributed by atoms with Gasteiger partial charge in [0, 0.05) is 46.1 Å². The second kappa shape index (κ2) is 15.6. The molecule has 0 aromatic carbocycles. The third-order valence-electron chi connectivity index (χ3n) is 5.69. The fourth-order valence-corrected chi connectivity index (χ4v) is 4.33. The predicted octanol–water partition coefficient (Wildman–Crippen LogP) is 2.93. The molecule has 2 aromatic rings. The molecule has 2 saturated heterocycles. The van der Waals surface area contributed by atoms with E-state index in [9.17, 15) is 9.59 Å². The summed E-state index contributed by atoms with van der Waals surface area (Å²) in [5.74, 6) is -0.00611. The number of nitrogens with zero attached hydrogens (tertiary/aromatic N) is 5. The molecule has 2 aromatic heterocycles. The molecule has 35 heavy (non-hydrogen) atoms. The molecule has 2 atom stereocenters. The standard InChI is InChI=1S/C12H19N3O2.C8H15NO2.C4H5BrN2/c1-3-17-12(16)10-5-4-6-15(8-10)11-7-13-14(2)9-11;1-2-11-8(10)7-4-3-5-9-6-7;1-7-3-4(5)2-6-7/h7,9-10H,3-6,8H2,1-2H3;7,9H,2-6H2,1H3;2-3H,1H3. The quantitative estimate of drug-likeness (QED) is 0.562. The fourth-order valence-electron chi connectivity index (χ4n) is 3.94. The Bertz CT molecular complexity index is 880. The molecule has 196 valence electrons. The van der Waals surface area contributed by atoms with Crippen molar-refractivity contribution in [3.63, 3.8) is 0 Å². The molecule has 0 radical (unpaired) electrons. The van der Waals surface area contributed by atoms with E-state index >= 15 is 0 Å². The number of nitrogens with one attached hydrogen (secondary N) is 1. The minimum atomic E-state index is -0.0684. The molecule has 2 aliphatic heterocycles. The number of carbonyl (C=O) groups is 2. The van der Waals surface area contributed by atoms with Crippen molar-refractivity contribution in [3.05, 3.63) is 29.3 Å². The number of ether oxygens (including phenoxy) is 2. The van der Waals surface area contributed by atoms with Gasteiger partial charge >= 0.3 is 11.9 Å². The van der Waals surface area contributed by atoms with E-state index in [2.05, 4.69) is 36.3 Å². The maximum Gasteiger partial charge on any atom is 0.310 e. The number of hydrogen-bond donors (Lipinski definition) is 1. The van der Waals surface area contributed by atoms with E-state index in [1.54, 1.807) is 15.6 Å². The van der Waals surface area contributed by atoms with Crippen molar-refractivity contribution in [2.75, 3.05) is 44.3 Å². The van der Waals surface area contributed by atoms with Crippen LogP contribution in [-0.4, -0.2) is 70.9 Å². The zero-order valence-corrected chi connectivity index (χ0v) is 22.9. The summed E-state index contributed by atoms with van der Waals surface area (Å²) in [7, 11) is 3.78. The Hall–Kier alpha value is -2.40. The smallest absolute Gasteiger partial charge is 0.310 e. The van der Waals surface area contributed by atoms with Crippen LogP contribution < -0.4 is 10.2 Å². The van der Waals surface area contributed by atoms with Crippen LogP contribution in [-0.2, 0) is 33.2 Å². The van der Waals surface area contributed by atoms with E-state index in [0.717, 1.165) is 62.0 Å². The molecule has 10 nitrogen and oxygen atoms in total. The Morgan fingerprint density at radius 3 is 2.11 bits per heavy atom. The summed E-state index contributed by atoms with van der Waals surface area (Å²) in [6, 6.07) is 0. The van der Waals surface area contributed by atoms with Gasteiger partial charge in [0.15, 0.2) is 0 Å². The van der Waals surface area contributed by atoms with Gasteiger partial charge in [0.05, 0.1) is 47.6 Å². The number of piperidine rings is 2. The van der Waals surface area contributed by atoms with Crippen LogP contribution in [0.1, 0.15) is 39.5 Å². The lowest BCUT2D eigenvalue weighted by Gasteiger charge is -2.32. The van der Waals surface area contributed by atoms with Gasteiger partial charge < -0.3 is 19.7 Å². The van der Waals surface area contributed by atoms with Crippen LogP contribution in [0.2, 0.25) is 0 Å². The van der Waals surface area contributed by atoms with Gasteiger partial charge in [0.25, 0.3) is 0 Å². The van der Waals surface area contributed by atoms with Crippen molar-refractivity contribution >= 4 is 33.6 Å². The first-order valence-electron chi connectivity index (χ1n) is 12.3. The summed E-state index contributed by atoms with van der Waals surface area (Å²) < 4.78 is 14.5. The molecule has 0 aliphatic carbocycles. The Kier molecular flexibility index (Phi) is 12.8. The van der Waals surface area contributed by atoms with Crippen LogP contribution in [0, 0.1) is 11.8 Å². The van der Waals surface area contributed by atoms with Crippen molar-refractivity contribution in [1.29, 1.82) is 0 Å². The topological polar surface area (TPSA) is 104 Å². The lowest BCUT2D eigenvalue weighted by Crippen LogP contribution is -2.39. The van der Waals surface area contributed by atoms with Gasteiger partial charge in [0.1, 0.15) is 0 Å². The second-order valence-corrected chi connectivity index (χ2v) is 9.45. The zero-order valence-electron chi connectivity index (χ0n) is 21.3. The average Bonchev–Trinajstić information content (AvgIpc) is 3.48. The van der Waals surface area contributed by atoms with Crippen LogP contribution >= 0.6 is 15.9 Å². The lowest BCUT2D eigenvalue weighted by atomic mass is 9.98. The van der Waals surface area contributed by atoms with Crippen LogP contribution in [0.3, 0.4) is 0 Å². The molecular weight excluding hydrogens is 516 g/mol. The van der Waals surface area contributed by atoms with E-state index in [4.69, 9.17) is 9.47 Å².